The summed E-state index contributed by atoms with van der Waals surface area (Å²) in [5.74, 6) is 2.89. The summed E-state index contributed by atoms with van der Waals surface area (Å²) < 4.78 is 0. The molecule has 4 saturated carbocycles. The molecule has 4 bridgehead atoms. The lowest BCUT2D eigenvalue weighted by atomic mass is 9.42. The lowest BCUT2D eigenvalue weighted by Gasteiger charge is -2.64. The third-order valence-electron chi connectivity index (χ3n) is 6.15. The van der Waals surface area contributed by atoms with Crippen LogP contribution in [0.25, 0.3) is 0 Å². The normalized spacial score (nSPS) is 47.8. The Morgan fingerprint density at radius 1 is 1.11 bits per heavy atom. The van der Waals surface area contributed by atoms with Gasteiger partial charge in [0, 0.05) is 6.04 Å². The SMILES string of the molecule is CCNC(C(C)C)C12CC3CC(CC(C)(C3)C1)C2. The van der Waals surface area contributed by atoms with Crippen molar-refractivity contribution in [1.29, 1.82) is 0 Å². The average Bonchev–Trinajstić information content (AvgIpc) is 2.21. The molecule has 1 heteroatoms. The summed E-state index contributed by atoms with van der Waals surface area (Å²) in [6.45, 7) is 10.8. The maximum Gasteiger partial charge on any atom is 0.0147 e. The monoisotopic (exact) mass is 249 g/mol. The van der Waals surface area contributed by atoms with Crippen LogP contribution in [0.1, 0.15) is 66.2 Å². The van der Waals surface area contributed by atoms with E-state index in [1.165, 1.54) is 32.1 Å². The van der Waals surface area contributed by atoms with Gasteiger partial charge >= 0.3 is 0 Å². The van der Waals surface area contributed by atoms with Crippen molar-refractivity contribution in [2.75, 3.05) is 6.54 Å². The van der Waals surface area contributed by atoms with Crippen LogP contribution in [0.4, 0.5) is 0 Å². The second-order valence-electron chi connectivity index (χ2n) is 8.41. The summed E-state index contributed by atoms with van der Waals surface area (Å²) in [6, 6.07) is 0.757. The van der Waals surface area contributed by atoms with Crippen LogP contribution >= 0.6 is 0 Å². The van der Waals surface area contributed by atoms with Crippen LogP contribution in [0, 0.1) is 28.6 Å². The van der Waals surface area contributed by atoms with Gasteiger partial charge in [-0.25, -0.2) is 0 Å². The number of rotatable bonds is 4. The molecule has 4 fully saturated rings. The first kappa shape index (κ1) is 13.0. The lowest BCUT2D eigenvalue weighted by molar-refractivity contribution is -0.124. The van der Waals surface area contributed by atoms with E-state index in [4.69, 9.17) is 0 Å². The van der Waals surface area contributed by atoms with E-state index < -0.39 is 0 Å². The Morgan fingerprint density at radius 3 is 2.17 bits per heavy atom. The Balaban J connectivity index is 1.89. The van der Waals surface area contributed by atoms with Gasteiger partial charge in [0.15, 0.2) is 0 Å². The quantitative estimate of drug-likeness (QED) is 0.786. The molecular formula is C17H31N. The van der Waals surface area contributed by atoms with Gasteiger partial charge in [0.2, 0.25) is 0 Å². The summed E-state index contributed by atoms with van der Waals surface area (Å²) in [4.78, 5) is 0. The minimum atomic E-state index is 0.642. The van der Waals surface area contributed by atoms with Crippen molar-refractivity contribution < 1.29 is 0 Å². The zero-order valence-corrected chi connectivity index (χ0v) is 12.8. The Bertz CT molecular complexity index is 306. The Labute approximate surface area is 113 Å². The minimum absolute atomic E-state index is 0.642. The molecule has 18 heavy (non-hydrogen) atoms. The van der Waals surface area contributed by atoms with Gasteiger partial charge in [-0.3, -0.25) is 0 Å². The highest BCUT2D eigenvalue weighted by Crippen LogP contribution is 2.66. The maximum atomic E-state index is 3.86. The zero-order valence-electron chi connectivity index (χ0n) is 12.8. The van der Waals surface area contributed by atoms with E-state index in [9.17, 15) is 0 Å². The highest BCUT2D eigenvalue weighted by Gasteiger charge is 2.58. The molecule has 0 aromatic carbocycles. The van der Waals surface area contributed by atoms with E-state index in [-0.39, 0.29) is 0 Å². The van der Waals surface area contributed by atoms with Gasteiger partial charge in [0.05, 0.1) is 0 Å². The van der Waals surface area contributed by atoms with Crippen molar-refractivity contribution in [3.8, 4) is 0 Å². The molecule has 3 atom stereocenters. The molecule has 0 aromatic rings. The Kier molecular flexibility index (Phi) is 3.05. The van der Waals surface area contributed by atoms with E-state index >= 15 is 0 Å². The molecule has 0 aromatic heterocycles. The minimum Gasteiger partial charge on any atom is -0.313 e. The van der Waals surface area contributed by atoms with Gasteiger partial charge in [-0.2, -0.15) is 0 Å². The fourth-order valence-electron chi connectivity index (χ4n) is 6.54. The molecule has 1 nitrogen and oxygen atoms in total. The molecule has 3 unspecified atom stereocenters. The van der Waals surface area contributed by atoms with Crippen LogP contribution in [-0.4, -0.2) is 12.6 Å². The molecule has 4 rings (SSSR count). The molecule has 4 aliphatic carbocycles. The van der Waals surface area contributed by atoms with Gasteiger partial charge in [0.25, 0.3) is 0 Å². The van der Waals surface area contributed by atoms with Crippen LogP contribution < -0.4 is 5.32 Å². The fraction of sp³-hybridized carbons (Fsp3) is 1.00. The molecule has 0 spiro atoms. The van der Waals surface area contributed by atoms with Crippen LogP contribution in [0.15, 0.2) is 0 Å². The highest BCUT2D eigenvalue weighted by molar-refractivity contribution is 5.10. The molecule has 1 N–H and O–H groups in total. The third-order valence-corrected chi connectivity index (χ3v) is 6.15. The van der Waals surface area contributed by atoms with Crippen LogP contribution in [0.3, 0.4) is 0 Å². The maximum absolute atomic E-state index is 3.86. The summed E-state index contributed by atoms with van der Waals surface area (Å²) in [5.41, 5.74) is 1.33. The van der Waals surface area contributed by atoms with Gasteiger partial charge in [-0.15, -0.1) is 0 Å². The lowest BCUT2D eigenvalue weighted by Crippen LogP contribution is -2.60. The molecule has 4 aliphatic rings. The van der Waals surface area contributed by atoms with E-state index in [1.54, 1.807) is 6.42 Å². The largest absolute Gasteiger partial charge is 0.313 e. The number of hydrogen-bond donors (Lipinski definition) is 1. The molecule has 0 radical (unpaired) electrons. The summed E-state index contributed by atoms with van der Waals surface area (Å²) in [7, 11) is 0. The van der Waals surface area contributed by atoms with Crippen molar-refractivity contribution in [2.24, 2.45) is 28.6 Å². The standard InChI is InChI=1S/C17H31N/c1-5-18-15(12(2)3)17-9-13-6-14(10-17)8-16(4,7-13)11-17/h12-15,18H,5-11H2,1-4H3. The van der Waals surface area contributed by atoms with E-state index in [0.29, 0.717) is 10.8 Å². The van der Waals surface area contributed by atoms with Gasteiger partial charge in [-0.1, -0.05) is 27.7 Å². The van der Waals surface area contributed by atoms with Gasteiger partial charge < -0.3 is 5.32 Å². The molecule has 0 amide bonds. The topological polar surface area (TPSA) is 12.0 Å². The Morgan fingerprint density at radius 2 is 1.72 bits per heavy atom. The predicted octanol–water partition coefficient (Wildman–Crippen LogP) is 4.23. The van der Waals surface area contributed by atoms with E-state index in [2.05, 4.69) is 33.0 Å². The zero-order chi connectivity index (χ0) is 13.0. The second kappa shape index (κ2) is 4.23. The van der Waals surface area contributed by atoms with Crippen LogP contribution in [0.2, 0.25) is 0 Å². The first-order valence-electron chi connectivity index (χ1n) is 8.20. The van der Waals surface area contributed by atoms with Crippen molar-refractivity contribution >= 4 is 0 Å². The van der Waals surface area contributed by atoms with Crippen LogP contribution in [-0.2, 0) is 0 Å². The molecule has 0 saturated heterocycles. The number of nitrogens with one attached hydrogen (secondary N) is 1. The molecule has 104 valence electrons. The summed E-state index contributed by atoms with van der Waals surface area (Å²) in [5, 5.41) is 3.86. The fourth-order valence-corrected chi connectivity index (χ4v) is 6.54. The van der Waals surface area contributed by atoms with Crippen molar-refractivity contribution in [1.82, 2.24) is 5.32 Å². The molecule has 0 heterocycles. The summed E-state index contributed by atoms with van der Waals surface area (Å²) in [6.07, 6.45) is 9.16. The van der Waals surface area contributed by atoms with E-state index in [0.717, 1.165) is 30.3 Å². The second-order valence-corrected chi connectivity index (χ2v) is 8.41. The van der Waals surface area contributed by atoms with Crippen LogP contribution in [0.5, 0.6) is 0 Å². The predicted molar refractivity (Wildman–Crippen MR) is 77.5 cm³/mol. The van der Waals surface area contributed by atoms with Gasteiger partial charge in [0.1, 0.15) is 0 Å². The first-order valence-corrected chi connectivity index (χ1v) is 8.20. The highest BCUT2D eigenvalue weighted by atomic mass is 14.9. The molecular weight excluding hydrogens is 218 g/mol. The third kappa shape index (κ3) is 1.94. The van der Waals surface area contributed by atoms with E-state index in [1.807, 2.05) is 0 Å². The summed E-state index contributed by atoms with van der Waals surface area (Å²) >= 11 is 0. The van der Waals surface area contributed by atoms with Crippen molar-refractivity contribution in [3.05, 3.63) is 0 Å². The Hall–Kier alpha value is -0.0400. The number of hydrogen-bond acceptors (Lipinski definition) is 1. The molecule has 0 aliphatic heterocycles. The smallest absolute Gasteiger partial charge is 0.0147 e. The average molecular weight is 249 g/mol. The van der Waals surface area contributed by atoms with Crippen molar-refractivity contribution in [3.63, 3.8) is 0 Å². The first-order chi connectivity index (χ1) is 8.46. The van der Waals surface area contributed by atoms with Gasteiger partial charge in [-0.05, 0) is 73.7 Å². The van der Waals surface area contributed by atoms with Crippen molar-refractivity contribution in [2.45, 2.75) is 72.3 Å².